The van der Waals surface area contributed by atoms with Crippen LogP contribution in [0.25, 0.3) is 11.6 Å². The van der Waals surface area contributed by atoms with E-state index in [0.717, 1.165) is 22.2 Å². The minimum atomic E-state index is 0.485. The average molecular weight is 380 g/mol. The zero-order chi connectivity index (χ0) is 12.6. The lowest BCUT2D eigenvalue weighted by Crippen LogP contribution is -1.98. The van der Waals surface area contributed by atoms with Gasteiger partial charge >= 0.3 is 0 Å². The predicted octanol–water partition coefficient (Wildman–Crippen LogP) is 4.79. The second-order valence-electron chi connectivity index (χ2n) is 3.49. The highest BCUT2D eigenvalue weighted by Gasteiger charge is 2.14. The van der Waals surface area contributed by atoms with Gasteiger partial charge in [0.15, 0.2) is 16.3 Å². The van der Waals surface area contributed by atoms with Gasteiger partial charge in [-0.3, -0.25) is 0 Å². The third kappa shape index (κ3) is 2.56. The van der Waals surface area contributed by atoms with Gasteiger partial charge < -0.3 is 4.42 Å². The molecule has 6 heteroatoms. The highest BCUT2D eigenvalue weighted by atomic mass is 79.9. The lowest BCUT2D eigenvalue weighted by Gasteiger charge is -2.05. The molecule has 0 aromatic carbocycles. The van der Waals surface area contributed by atoms with Gasteiger partial charge in [0.05, 0.1) is 4.47 Å². The second kappa shape index (κ2) is 5.08. The first-order chi connectivity index (χ1) is 8.02. The van der Waals surface area contributed by atoms with Crippen molar-refractivity contribution < 1.29 is 4.42 Å². The second-order valence-corrected chi connectivity index (χ2v) is 5.42. The summed E-state index contributed by atoms with van der Waals surface area (Å²) >= 11 is 12.7. The molecule has 0 saturated carbocycles. The Morgan fingerprint density at radius 3 is 2.53 bits per heavy atom. The smallest absolute Gasteiger partial charge is 0.197 e. The van der Waals surface area contributed by atoms with Gasteiger partial charge in [-0.25, -0.2) is 9.97 Å². The molecule has 0 spiro atoms. The first-order valence-electron chi connectivity index (χ1n) is 5.01. The summed E-state index contributed by atoms with van der Waals surface area (Å²) in [6.07, 6.45) is 0.816. The first-order valence-corrected chi connectivity index (χ1v) is 6.97. The van der Waals surface area contributed by atoms with E-state index < -0.39 is 0 Å². The Kier molecular flexibility index (Phi) is 3.90. The molecule has 17 heavy (non-hydrogen) atoms. The molecule has 0 fully saturated rings. The zero-order valence-corrected chi connectivity index (χ0v) is 13.1. The van der Waals surface area contributed by atoms with Crippen molar-refractivity contribution in [1.29, 1.82) is 0 Å². The van der Waals surface area contributed by atoms with Crippen LogP contribution in [0.4, 0.5) is 0 Å². The minimum absolute atomic E-state index is 0.485. The molecule has 0 aliphatic rings. The molecule has 0 atom stereocenters. The molecule has 0 N–H and O–H groups in total. The van der Waals surface area contributed by atoms with Gasteiger partial charge in [-0.2, -0.15) is 0 Å². The van der Waals surface area contributed by atoms with Crippen LogP contribution in [-0.4, -0.2) is 9.97 Å². The summed E-state index contributed by atoms with van der Waals surface area (Å²) in [4.78, 5) is 8.65. The van der Waals surface area contributed by atoms with Crippen LogP contribution in [0.1, 0.15) is 18.2 Å². The molecular formula is C11H9Br2ClN2O. The largest absolute Gasteiger partial charge is 0.445 e. The summed E-state index contributed by atoms with van der Waals surface area (Å²) in [5, 5.41) is 0.485. The molecule has 2 heterocycles. The van der Waals surface area contributed by atoms with E-state index in [1.54, 1.807) is 6.07 Å². The fourth-order valence-corrected chi connectivity index (χ4v) is 2.46. The number of rotatable bonds is 2. The van der Waals surface area contributed by atoms with Crippen LogP contribution < -0.4 is 0 Å². The Morgan fingerprint density at radius 2 is 2.06 bits per heavy atom. The van der Waals surface area contributed by atoms with Crippen molar-refractivity contribution in [3.63, 3.8) is 0 Å². The van der Waals surface area contributed by atoms with Gasteiger partial charge in [-0.1, -0.05) is 18.5 Å². The highest BCUT2D eigenvalue weighted by molar-refractivity contribution is 9.13. The summed E-state index contributed by atoms with van der Waals surface area (Å²) in [5.74, 6) is 1.08. The maximum atomic E-state index is 6.12. The molecule has 0 amide bonds. The molecule has 0 aliphatic carbocycles. The lowest BCUT2D eigenvalue weighted by molar-refractivity contribution is 0.549. The molecular weight excluding hydrogens is 371 g/mol. The first kappa shape index (κ1) is 13.1. The quantitative estimate of drug-likeness (QED) is 0.704. The Morgan fingerprint density at radius 1 is 1.35 bits per heavy atom. The van der Waals surface area contributed by atoms with Crippen LogP contribution in [0.5, 0.6) is 0 Å². The Labute approximate surface area is 121 Å². The number of hydrogen-bond donors (Lipinski definition) is 0. The topological polar surface area (TPSA) is 38.9 Å². The number of nitrogens with zero attached hydrogens (tertiary/aromatic N) is 2. The van der Waals surface area contributed by atoms with E-state index in [9.17, 15) is 0 Å². The van der Waals surface area contributed by atoms with E-state index in [1.165, 1.54) is 0 Å². The number of furan rings is 1. The van der Waals surface area contributed by atoms with Crippen molar-refractivity contribution in [2.24, 2.45) is 0 Å². The zero-order valence-electron chi connectivity index (χ0n) is 9.22. The van der Waals surface area contributed by atoms with Gasteiger partial charge in [0.1, 0.15) is 5.15 Å². The lowest BCUT2D eigenvalue weighted by atomic mass is 10.2. The molecule has 0 aliphatic heterocycles. The highest BCUT2D eigenvalue weighted by Crippen LogP contribution is 2.32. The van der Waals surface area contributed by atoms with E-state index in [4.69, 9.17) is 16.0 Å². The van der Waals surface area contributed by atoms with E-state index >= 15 is 0 Å². The minimum Gasteiger partial charge on any atom is -0.445 e. The van der Waals surface area contributed by atoms with Gasteiger partial charge in [-0.15, -0.1) is 0 Å². The van der Waals surface area contributed by atoms with Crippen molar-refractivity contribution in [1.82, 2.24) is 9.97 Å². The summed E-state index contributed by atoms with van der Waals surface area (Å²) in [6, 6.07) is 1.81. The fourth-order valence-electron chi connectivity index (χ4n) is 1.53. The Hall–Kier alpha value is -0.390. The number of aryl methyl sites for hydroxylation is 1. The molecule has 0 bridgehead atoms. The normalized spacial score (nSPS) is 10.9. The maximum Gasteiger partial charge on any atom is 0.197 e. The molecule has 90 valence electrons. The average Bonchev–Trinajstić information content (AvgIpc) is 2.59. The Bertz CT molecular complexity index is 526. The monoisotopic (exact) mass is 378 g/mol. The van der Waals surface area contributed by atoms with Gasteiger partial charge in [-0.05, 0) is 45.2 Å². The van der Waals surface area contributed by atoms with Crippen LogP contribution in [-0.2, 0) is 6.42 Å². The van der Waals surface area contributed by atoms with Crippen molar-refractivity contribution >= 4 is 43.5 Å². The van der Waals surface area contributed by atoms with E-state index in [-0.39, 0.29) is 0 Å². The molecule has 2 aromatic rings. The number of aromatic nitrogens is 2. The fraction of sp³-hybridized carbons (Fsp3) is 0.273. The van der Waals surface area contributed by atoms with E-state index in [2.05, 4.69) is 41.8 Å². The molecule has 2 aromatic heterocycles. The van der Waals surface area contributed by atoms with Crippen LogP contribution >= 0.6 is 43.5 Å². The van der Waals surface area contributed by atoms with Crippen molar-refractivity contribution in [2.45, 2.75) is 20.3 Å². The maximum absolute atomic E-state index is 6.12. The Balaban J connectivity index is 2.54. The number of hydrogen-bond acceptors (Lipinski definition) is 3. The molecule has 2 rings (SSSR count). The van der Waals surface area contributed by atoms with Crippen molar-refractivity contribution in [2.75, 3.05) is 0 Å². The summed E-state index contributed by atoms with van der Waals surface area (Å²) in [6.45, 7) is 3.94. The van der Waals surface area contributed by atoms with E-state index in [0.29, 0.717) is 21.4 Å². The molecule has 3 nitrogen and oxygen atoms in total. The van der Waals surface area contributed by atoms with Gasteiger partial charge in [0.2, 0.25) is 0 Å². The van der Waals surface area contributed by atoms with Crippen LogP contribution in [0.15, 0.2) is 19.6 Å². The molecule has 0 unspecified atom stereocenters. The third-order valence-electron chi connectivity index (χ3n) is 2.38. The number of halogens is 3. The van der Waals surface area contributed by atoms with E-state index in [1.807, 2.05) is 13.8 Å². The summed E-state index contributed by atoms with van der Waals surface area (Å²) in [7, 11) is 0. The standard InChI is InChI=1S/C11H9Br2ClN2O/c1-3-6-5(2)15-11(16-10(6)14)8-4-7(12)9(13)17-8/h4H,3H2,1-2H3. The van der Waals surface area contributed by atoms with Crippen molar-refractivity contribution in [3.8, 4) is 11.6 Å². The molecule has 0 radical (unpaired) electrons. The summed E-state index contributed by atoms with van der Waals surface area (Å²) < 4.78 is 6.91. The predicted molar refractivity (Wildman–Crippen MR) is 74.3 cm³/mol. The van der Waals surface area contributed by atoms with Crippen molar-refractivity contribution in [3.05, 3.63) is 31.6 Å². The summed E-state index contributed by atoms with van der Waals surface area (Å²) in [5.41, 5.74) is 1.85. The third-order valence-corrected chi connectivity index (χ3v) is 4.41. The molecule has 0 saturated heterocycles. The van der Waals surface area contributed by atoms with Gasteiger partial charge in [0.25, 0.3) is 0 Å². The van der Waals surface area contributed by atoms with Crippen LogP contribution in [0, 0.1) is 6.92 Å². The van der Waals surface area contributed by atoms with Gasteiger partial charge in [0, 0.05) is 17.3 Å². The van der Waals surface area contributed by atoms with Crippen LogP contribution in [0.2, 0.25) is 5.15 Å². The SMILES string of the molecule is CCc1c(C)nc(-c2cc(Br)c(Br)o2)nc1Cl. The van der Waals surface area contributed by atoms with Crippen LogP contribution in [0.3, 0.4) is 0 Å².